The van der Waals surface area contributed by atoms with Crippen molar-refractivity contribution in [3.63, 3.8) is 0 Å². The average molecular weight is 344 g/mol. The summed E-state index contributed by atoms with van der Waals surface area (Å²) < 4.78 is 5.38. The molecular formula is C18H24N4O3. The van der Waals surface area contributed by atoms with Gasteiger partial charge in [-0.2, -0.15) is 4.98 Å². The minimum atomic E-state index is -0.761. The Balaban J connectivity index is 1.52. The third kappa shape index (κ3) is 4.64. The monoisotopic (exact) mass is 344 g/mol. The molecule has 7 heteroatoms. The van der Waals surface area contributed by atoms with E-state index in [9.17, 15) is 4.79 Å². The molecule has 0 atom stereocenters. The maximum Gasteiger partial charge on any atom is 0.317 e. The summed E-state index contributed by atoms with van der Waals surface area (Å²) in [6.07, 6.45) is 1.92. The SMILES string of the molecule is CCN(CC(=O)O)C1CCN(Cc2nc(-c3ccccc3)no2)CC1. The summed E-state index contributed by atoms with van der Waals surface area (Å²) in [5, 5.41) is 13.1. The average Bonchev–Trinajstić information content (AvgIpc) is 3.09. The Morgan fingerprint density at radius 3 is 2.68 bits per heavy atom. The number of aromatic nitrogens is 2. The molecule has 1 aromatic heterocycles. The Labute approximate surface area is 147 Å². The van der Waals surface area contributed by atoms with E-state index in [1.54, 1.807) is 0 Å². The van der Waals surface area contributed by atoms with Crippen LogP contribution in [0.25, 0.3) is 11.4 Å². The predicted octanol–water partition coefficient (Wildman–Crippen LogP) is 2.11. The number of aliphatic carboxylic acids is 1. The van der Waals surface area contributed by atoms with Gasteiger partial charge in [0.1, 0.15) is 0 Å². The number of nitrogens with zero attached hydrogens (tertiary/aromatic N) is 4. The molecule has 1 aromatic carbocycles. The van der Waals surface area contributed by atoms with Crippen LogP contribution in [0.5, 0.6) is 0 Å². The second kappa shape index (κ2) is 8.22. The highest BCUT2D eigenvalue weighted by atomic mass is 16.5. The van der Waals surface area contributed by atoms with Crippen LogP contribution in [-0.4, -0.2) is 63.2 Å². The lowest BCUT2D eigenvalue weighted by atomic mass is 10.0. The molecule has 1 fully saturated rings. The molecule has 1 saturated heterocycles. The van der Waals surface area contributed by atoms with Gasteiger partial charge in [0, 0.05) is 24.7 Å². The second-order valence-corrected chi connectivity index (χ2v) is 6.34. The minimum absolute atomic E-state index is 0.116. The highest BCUT2D eigenvalue weighted by Gasteiger charge is 2.25. The zero-order chi connectivity index (χ0) is 17.6. The van der Waals surface area contributed by atoms with Gasteiger partial charge in [-0.3, -0.25) is 14.6 Å². The van der Waals surface area contributed by atoms with E-state index in [-0.39, 0.29) is 6.54 Å². The summed E-state index contributed by atoms with van der Waals surface area (Å²) in [6, 6.07) is 10.1. The van der Waals surface area contributed by atoms with Crippen LogP contribution in [0, 0.1) is 0 Å². The fraction of sp³-hybridized carbons (Fsp3) is 0.500. The standard InChI is InChI=1S/C18H24N4O3/c1-2-22(13-17(23)24)15-8-10-21(11-9-15)12-16-19-18(20-25-16)14-6-4-3-5-7-14/h3-7,15H,2,8-13H2,1H3,(H,23,24). The van der Waals surface area contributed by atoms with E-state index in [0.717, 1.165) is 38.0 Å². The van der Waals surface area contributed by atoms with Crippen LogP contribution < -0.4 is 0 Å². The molecule has 1 N–H and O–H groups in total. The first kappa shape index (κ1) is 17.6. The Morgan fingerprint density at radius 2 is 2.04 bits per heavy atom. The maximum atomic E-state index is 11.0. The topological polar surface area (TPSA) is 82.7 Å². The normalized spacial score (nSPS) is 16.4. The van der Waals surface area contributed by atoms with Crippen LogP contribution >= 0.6 is 0 Å². The number of rotatable bonds is 7. The fourth-order valence-electron chi connectivity index (χ4n) is 3.33. The molecule has 7 nitrogen and oxygen atoms in total. The quantitative estimate of drug-likeness (QED) is 0.823. The summed E-state index contributed by atoms with van der Waals surface area (Å²) in [5.74, 6) is 0.475. The fourth-order valence-corrected chi connectivity index (χ4v) is 3.33. The van der Waals surface area contributed by atoms with Gasteiger partial charge in [0.25, 0.3) is 0 Å². The van der Waals surface area contributed by atoms with Crippen LogP contribution in [0.3, 0.4) is 0 Å². The summed E-state index contributed by atoms with van der Waals surface area (Å²) in [5.41, 5.74) is 0.948. The smallest absolute Gasteiger partial charge is 0.317 e. The number of benzene rings is 1. The van der Waals surface area contributed by atoms with Crippen LogP contribution in [0.1, 0.15) is 25.7 Å². The van der Waals surface area contributed by atoms with Gasteiger partial charge < -0.3 is 9.63 Å². The van der Waals surface area contributed by atoms with E-state index in [0.29, 0.717) is 24.3 Å². The molecule has 2 heterocycles. The van der Waals surface area contributed by atoms with Crippen molar-refractivity contribution >= 4 is 5.97 Å². The lowest BCUT2D eigenvalue weighted by Gasteiger charge is -2.36. The van der Waals surface area contributed by atoms with Crippen LogP contribution in [-0.2, 0) is 11.3 Å². The van der Waals surface area contributed by atoms with Crippen molar-refractivity contribution in [3.05, 3.63) is 36.2 Å². The van der Waals surface area contributed by atoms with Crippen molar-refractivity contribution in [2.45, 2.75) is 32.4 Å². The highest BCUT2D eigenvalue weighted by Crippen LogP contribution is 2.19. The first-order chi connectivity index (χ1) is 12.2. The first-order valence-electron chi connectivity index (χ1n) is 8.72. The highest BCUT2D eigenvalue weighted by molar-refractivity contribution is 5.69. The lowest BCUT2D eigenvalue weighted by molar-refractivity contribution is -0.139. The van der Waals surface area contributed by atoms with Gasteiger partial charge >= 0.3 is 5.97 Å². The van der Waals surface area contributed by atoms with Crippen LogP contribution in [0.15, 0.2) is 34.9 Å². The molecule has 134 valence electrons. The van der Waals surface area contributed by atoms with E-state index < -0.39 is 5.97 Å². The van der Waals surface area contributed by atoms with E-state index >= 15 is 0 Å². The van der Waals surface area contributed by atoms with Crippen LogP contribution in [0.2, 0.25) is 0 Å². The Kier molecular flexibility index (Phi) is 5.78. The summed E-state index contributed by atoms with van der Waals surface area (Å²) in [6.45, 7) is 5.34. The van der Waals surface area contributed by atoms with Gasteiger partial charge in [-0.05, 0) is 19.4 Å². The zero-order valence-corrected chi connectivity index (χ0v) is 14.5. The molecular weight excluding hydrogens is 320 g/mol. The number of piperidine rings is 1. The summed E-state index contributed by atoms with van der Waals surface area (Å²) >= 11 is 0. The maximum absolute atomic E-state index is 11.0. The molecule has 0 saturated carbocycles. The van der Waals surface area contributed by atoms with Gasteiger partial charge in [-0.1, -0.05) is 42.4 Å². The molecule has 1 aliphatic rings. The Bertz CT molecular complexity index is 681. The van der Waals surface area contributed by atoms with E-state index in [1.165, 1.54) is 0 Å². The third-order valence-electron chi connectivity index (χ3n) is 4.68. The van der Waals surface area contributed by atoms with Gasteiger partial charge in [0.15, 0.2) is 0 Å². The number of hydrogen-bond acceptors (Lipinski definition) is 6. The summed E-state index contributed by atoms with van der Waals surface area (Å²) in [7, 11) is 0. The molecule has 0 amide bonds. The molecule has 1 aliphatic heterocycles. The third-order valence-corrected chi connectivity index (χ3v) is 4.68. The molecule has 0 aliphatic carbocycles. The molecule has 0 unspecified atom stereocenters. The van der Waals surface area contributed by atoms with Crippen molar-refractivity contribution in [2.24, 2.45) is 0 Å². The Morgan fingerprint density at radius 1 is 1.32 bits per heavy atom. The number of carbonyl (C=O) groups is 1. The molecule has 0 spiro atoms. The number of carboxylic acids is 1. The first-order valence-corrected chi connectivity index (χ1v) is 8.72. The molecule has 2 aromatic rings. The van der Waals surface area contributed by atoms with Crippen LogP contribution in [0.4, 0.5) is 0 Å². The number of carboxylic acid groups (broad SMARTS) is 1. The molecule has 3 rings (SSSR count). The van der Waals surface area contributed by atoms with Gasteiger partial charge in [-0.15, -0.1) is 0 Å². The van der Waals surface area contributed by atoms with Crippen molar-refractivity contribution in [1.29, 1.82) is 0 Å². The van der Waals surface area contributed by atoms with Gasteiger partial charge in [0.2, 0.25) is 11.7 Å². The number of likely N-dealkylation sites (N-methyl/N-ethyl adjacent to an activating group) is 1. The Hall–Kier alpha value is -2.25. The second-order valence-electron chi connectivity index (χ2n) is 6.34. The van der Waals surface area contributed by atoms with E-state index in [1.807, 2.05) is 42.2 Å². The number of hydrogen-bond donors (Lipinski definition) is 1. The largest absolute Gasteiger partial charge is 0.480 e. The molecule has 0 bridgehead atoms. The van der Waals surface area contributed by atoms with Gasteiger partial charge in [0.05, 0.1) is 13.1 Å². The molecule has 25 heavy (non-hydrogen) atoms. The molecule has 0 radical (unpaired) electrons. The van der Waals surface area contributed by atoms with Gasteiger partial charge in [-0.25, -0.2) is 0 Å². The van der Waals surface area contributed by atoms with E-state index in [4.69, 9.17) is 9.63 Å². The van der Waals surface area contributed by atoms with Crippen molar-refractivity contribution in [1.82, 2.24) is 19.9 Å². The predicted molar refractivity (Wildman–Crippen MR) is 92.9 cm³/mol. The summed E-state index contributed by atoms with van der Waals surface area (Å²) in [4.78, 5) is 19.8. The number of likely N-dealkylation sites (tertiary alicyclic amines) is 1. The van der Waals surface area contributed by atoms with Crippen molar-refractivity contribution in [2.75, 3.05) is 26.2 Å². The van der Waals surface area contributed by atoms with Crippen molar-refractivity contribution in [3.8, 4) is 11.4 Å². The van der Waals surface area contributed by atoms with E-state index in [2.05, 4.69) is 15.0 Å². The minimum Gasteiger partial charge on any atom is -0.480 e. The zero-order valence-electron chi connectivity index (χ0n) is 14.5. The van der Waals surface area contributed by atoms with Crippen molar-refractivity contribution < 1.29 is 14.4 Å². The lowest BCUT2D eigenvalue weighted by Crippen LogP contribution is -2.46.